The maximum atomic E-state index is 11.8. The summed E-state index contributed by atoms with van der Waals surface area (Å²) in [6.45, 7) is 0.343. The largest absolute Gasteiger partial charge is 0.469 e. The normalized spacial score (nSPS) is 19.5. The summed E-state index contributed by atoms with van der Waals surface area (Å²) >= 11 is 3.36. The first-order chi connectivity index (χ1) is 8.13. The second-order valence-electron chi connectivity index (χ2n) is 3.76. The Balaban J connectivity index is 2.22. The lowest BCUT2D eigenvalue weighted by atomic mass is 10.1. The summed E-state index contributed by atoms with van der Waals surface area (Å²) in [5, 5.41) is 0. The van der Waals surface area contributed by atoms with Crippen molar-refractivity contribution in [2.24, 2.45) is 5.92 Å². The van der Waals surface area contributed by atoms with E-state index in [1.54, 1.807) is 23.4 Å². The van der Waals surface area contributed by atoms with Crippen LogP contribution in [-0.2, 0) is 14.3 Å². The Morgan fingerprint density at radius 2 is 2.41 bits per heavy atom. The third-order valence-corrected chi connectivity index (χ3v) is 3.37. The number of pyridine rings is 1. The molecule has 1 aliphatic rings. The van der Waals surface area contributed by atoms with Crippen molar-refractivity contribution in [1.82, 2.24) is 4.98 Å². The minimum absolute atomic E-state index is 0.0888. The summed E-state index contributed by atoms with van der Waals surface area (Å²) < 4.78 is 5.44. The van der Waals surface area contributed by atoms with Gasteiger partial charge in [0, 0.05) is 23.6 Å². The summed E-state index contributed by atoms with van der Waals surface area (Å²) in [6, 6.07) is 1.76. The minimum atomic E-state index is -0.389. The third-order valence-electron chi connectivity index (χ3n) is 2.70. The molecule has 1 aromatic heterocycles. The number of methoxy groups -OCH3 is 1. The van der Waals surface area contributed by atoms with Crippen molar-refractivity contribution in [2.75, 3.05) is 18.6 Å². The van der Waals surface area contributed by atoms with Gasteiger partial charge in [-0.3, -0.25) is 14.6 Å². The molecule has 1 aromatic rings. The molecular formula is C11H11BrN2O3. The number of rotatable bonds is 2. The van der Waals surface area contributed by atoms with E-state index in [9.17, 15) is 9.59 Å². The zero-order chi connectivity index (χ0) is 12.4. The molecule has 0 saturated carbocycles. The van der Waals surface area contributed by atoms with Gasteiger partial charge in [0.15, 0.2) is 0 Å². The zero-order valence-corrected chi connectivity index (χ0v) is 10.8. The summed E-state index contributed by atoms with van der Waals surface area (Å²) in [6.07, 6.45) is 3.42. The van der Waals surface area contributed by atoms with Gasteiger partial charge >= 0.3 is 5.97 Å². The minimum Gasteiger partial charge on any atom is -0.469 e. The highest BCUT2D eigenvalue weighted by Gasteiger charge is 2.36. The van der Waals surface area contributed by atoms with E-state index in [-0.39, 0.29) is 24.2 Å². The monoisotopic (exact) mass is 298 g/mol. The highest BCUT2D eigenvalue weighted by atomic mass is 79.9. The number of hydrogen-bond donors (Lipinski definition) is 0. The zero-order valence-electron chi connectivity index (χ0n) is 9.22. The molecule has 1 amide bonds. The average molecular weight is 299 g/mol. The Kier molecular flexibility index (Phi) is 3.42. The van der Waals surface area contributed by atoms with E-state index in [1.165, 1.54) is 7.11 Å². The van der Waals surface area contributed by atoms with Crippen LogP contribution in [0.3, 0.4) is 0 Å². The molecule has 0 spiro atoms. The van der Waals surface area contributed by atoms with Crippen LogP contribution < -0.4 is 4.90 Å². The molecule has 17 heavy (non-hydrogen) atoms. The summed E-state index contributed by atoms with van der Waals surface area (Å²) in [5.74, 6) is -0.824. The van der Waals surface area contributed by atoms with Crippen LogP contribution in [0, 0.1) is 5.92 Å². The molecule has 1 fully saturated rings. The van der Waals surface area contributed by atoms with E-state index in [2.05, 4.69) is 25.7 Å². The lowest BCUT2D eigenvalue weighted by Crippen LogP contribution is -2.26. The number of aromatic nitrogens is 1. The van der Waals surface area contributed by atoms with Gasteiger partial charge in [-0.1, -0.05) is 0 Å². The van der Waals surface area contributed by atoms with Crippen LogP contribution >= 0.6 is 15.9 Å². The van der Waals surface area contributed by atoms with Crippen molar-refractivity contribution < 1.29 is 14.3 Å². The average Bonchev–Trinajstić information content (AvgIpc) is 2.71. The molecule has 0 aromatic carbocycles. The van der Waals surface area contributed by atoms with Gasteiger partial charge in [0.2, 0.25) is 5.91 Å². The summed E-state index contributed by atoms with van der Waals surface area (Å²) in [7, 11) is 1.33. The Bertz CT molecular complexity index is 464. The molecule has 5 nitrogen and oxygen atoms in total. The number of carbonyl (C=O) groups is 2. The van der Waals surface area contributed by atoms with Gasteiger partial charge in [0.05, 0.1) is 24.9 Å². The van der Waals surface area contributed by atoms with E-state index in [1.807, 2.05) is 0 Å². The number of hydrogen-bond acceptors (Lipinski definition) is 4. The first-order valence-electron chi connectivity index (χ1n) is 5.11. The first-order valence-corrected chi connectivity index (χ1v) is 5.90. The molecule has 6 heteroatoms. The fraction of sp³-hybridized carbons (Fsp3) is 0.364. The number of halogens is 1. The van der Waals surface area contributed by atoms with Crippen LogP contribution in [0.1, 0.15) is 6.42 Å². The topological polar surface area (TPSA) is 59.5 Å². The van der Waals surface area contributed by atoms with E-state index in [0.29, 0.717) is 12.2 Å². The molecular weight excluding hydrogens is 288 g/mol. The predicted molar refractivity (Wildman–Crippen MR) is 64.4 cm³/mol. The van der Waals surface area contributed by atoms with Gasteiger partial charge in [-0.2, -0.15) is 0 Å². The van der Waals surface area contributed by atoms with E-state index < -0.39 is 0 Å². The Hall–Kier alpha value is -1.43. The fourth-order valence-corrected chi connectivity index (χ4v) is 2.27. The van der Waals surface area contributed by atoms with Crippen LogP contribution in [0.2, 0.25) is 0 Å². The van der Waals surface area contributed by atoms with Crippen LogP contribution in [0.5, 0.6) is 0 Å². The highest BCUT2D eigenvalue weighted by molar-refractivity contribution is 9.10. The molecule has 1 unspecified atom stereocenters. The van der Waals surface area contributed by atoms with Gasteiger partial charge in [0.1, 0.15) is 0 Å². The van der Waals surface area contributed by atoms with E-state index in [4.69, 9.17) is 0 Å². The van der Waals surface area contributed by atoms with E-state index >= 15 is 0 Å². The van der Waals surface area contributed by atoms with E-state index in [0.717, 1.165) is 4.47 Å². The summed E-state index contributed by atoms with van der Waals surface area (Å²) in [4.78, 5) is 28.7. The summed E-state index contributed by atoms with van der Waals surface area (Å²) in [5.41, 5.74) is 0.684. The Morgan fingerprint density at radius 1 is 1.65 bits per heavy atom. The maximum absolute atomic E-state index is 11.8. The third kappa shape index (κ3) is 2.31. The van der Waals surface area contributed by atoms with Crippen molar-refractivity contribution in [3.63, 3.8) is 0 Å². The van der Waals surface area contributed by atoms with Gasteiger partial charge in [-0.05, 0) is 22.0 Å². The second kappa shape index (κ2) is 4.83. The molecule has 2 heterocycles. The number of anilines is 1. The fourth-order valence-electron chi connectivity index (χ4n) is 1.83. The molecule has 1 saturated heterocycles. The van der Waals surface area contributed by atoms with Crippen LogP contribution in [-0.4, -0.2) is 30.5 Å². The smallest absolute Gasteiger partial charge is 0.311 e. The molecule has 0 bridgehead atoms. The number of carbonyl (C=O) groups excluding carboxylic acids is 2. The van der Waals surface area contributed by atoms with Crippen LogP contribution in [0.4, 0.5) is 5.69 Å². The number of ether oxygens (including phenoxy) is 1. The Labute approximate surface area is 107 Å². The Morgan fingerprint density at radius 3 is 3.06 bits per heavy atom. The lowest BCUT2D eigenvalue weighted by Gasteiger charge is -2.17. The molecule has 0 aliphatic carbocycles. The van der Waals surface area contributed by atoms with Crippen molar-refractivity contribution in [3.05, 3.63) is 22.9 Å². The van der Waals surface area contributed by atoms with Crippen molar-refractivity contribution in [3.8, 4) is 0 Å². The maximum Gasteiger partial charge on any atom is 0.311 e. The molecule has 1 aliphatic heterocycles. The number of nitrogens with zero attached hydrogens (tertiary/aromatic N) is 2. The molecule has 1 atom stereocenters. The van der Waals surface area contributed by atoms with Crippen LogP contribution in [0.25, 0.3) is 0 Å². The molecule has 90 valence electrons. The first kappa shape index (κ1) is 12.0. The van der Waals surface area contributed by atoms with Crippen molar-refractivity contribution in [2.45, 2.75) is 6.42 Å². The van der Waals surface area contributed by atoms with Crippen LogP contribution in [0.15, 0.2) is 22.9 Å². The standard InChI is InChI=1S/C11H11BrN2O3/c1-17-11(16)7-4-10(15)14(6-7)9-5-13-3-2-8(9)12/h2-3,5,7H,4,6H2,1H3. The molecule has 0 radical (unpaired) electrons. The van der Waals surface area contributed by atoms with Gasteiger partial charge in [-0.25, -0.2) is 0 Å². The highest BCUT2D eigenvalue weighted by Crippen LogP contribution is 2.30. The number of esters is 1. The predicted octanol–water partition coefficient (Wildman–Crippen LogP) is 1.37. The molecule has 2 rings (SSSR count). The van der Waals surface area contributed by atoms with Gasteiger partial charge in [0.25, 0.3) is 0 Å². The second-order valence-corrected chi connectivity index (χ2v) is 4.61. The SMILES string of the molecule is COC(=O)C1CC(=O)N(c2cnccc2Br)C1. The van der Waals surface area contributed by atoms with Gasteiger partial charge in [-0.15, -0.1) is 0 Å². The van der Waals surface area contributed by atoms with Crippen molar-refractivity contribution in [1.29, 1.82) is 0 Å². The number of amides is 1. The lowest BCUT2D eigenvalue weighted by molar-refractivity contribution is -0.145. The quantitative estimate of drug-likeness (QED) is 0.774. The van der Waals surface area contributed by atoms with Gasteiger partial charge < -0.3 is 9.64 Å². The van der Waals surface area contributed by atoms with Crippen molar-refractivity contribution >= 4 is 33.5 Å². The molecule has 0 N–H and O–H groups in total.